The van der Waals surface area contributed by atoms with Crippen LogP contribution in [-0.4, -0.2) is 35.0 Å². The van der Waals surface area contributed by atoms with Crippen molar-refractivity contribution in [1.29, 1.82) is 0 Å². The van der Waals surface area contributed by atoms with Gasteiger partial charge in [0.2, 0.25) is 0 Å². The molecule has 1 heterocycles. The third kappa shape index (κ3) is 3.73. The summed E-state index contributed by atoms with van der Waals surface area (Å²) in [6.45, 7) is 5.88. The van der Waals surface area contributed by atoms with Crippen LogP contribution in [0, 0.1) is 0 Å². The Bertz CT molecular complexity index is 731. The molecule has 1 fully saturated rings. The van der Waals surface area contributed by atoms with Crippen molar-refractivity contribution in [3.63, 3.8) is 0 Å². The Kier molecular flexibility index (Phi) is 5.16. The number of carbonyl (C=O) groups is 1. The Morgan fingerprint density at radius 2 is 1.80 bits per heavy atom. The maximum Gasteiger partial charge on any atom is 0.324 e. The number of carbonyl (C=O) groups excluding carboxylic acids is 1. The molecule has 2 amide bonds. The number of aliphatic hydroxyl groups excluding tert-OH is 1. The fourth-order valence-electron chi connectivity index (χ4n) is 2.89. The van der Waals surface area contributed by atoms with Gasteiger partial charge in [-0.3, -0.25) is 4.90 Å². The van der Waals surface area contributed by atoms with E-state index in [0.29, 0.717) is 17.9 Å². The molecular formula is C20H22N2O3. The fraction of sp³-hybridized carbons (Fsp3) is 0.250. The van der Waals surface area contributed by atoms with Crippen molar-refractivity contribution in [3.05, 3.63) is 78.4 Å². The van der Waals surface area contributed by atoms with Gasteiger partial charge in [-0.05, 0) is 30.2 Å². The lowest BCUT2D eigenvalue weighted by molar-refractivity contribution is 0.0600. The van der Waals surface area contributed by atoms with Gasteiger partial charge in [-0.25, -0.2) is 4.79 Å². The van der Waals surface area contributed by atoms with Crippen LogP contribution in [0.15, 0.2) is 72.8 Å². The average Bonchev–Trinajstić information content (AvgIpc) is 3.07. The summed E-state index contributed by atoms with van der Waals surface area (Å²) in [7, 11) is 0. The predicted molar refractivity (Wildman–Crippen MR) is 97.0 cm³/mol. The molecule has 1 aliphatic heterocycles. The summed E-state index contributed by atoms with van der Waals surface area (Å²) < 4.78 is 5.82. The van der Waals surface area contributed by atoms with Crippen LogP contribution in [0.4, 0.5) is 10.5 Å². The monoisotopic (exact) mass is 338 g/mol. The molecule has 1 unspecified atom stereocenters. The van der Waals surface area contributed by atoms with Crippen molar-refractivity contribution >= 4 is 11.7 Å². The number of benzene rings is 2. The Morgan fingerprint density at radius 3 is 2.40 bits per heavy atom. The molecule has 25 heavy (non-hydrogen) atoms. The summed E-state index contributed by atoms with van der Waals surface area (Å²) in [6.07, 6.45) is -1.44. The summed E-state index contributed by atoms with van der Waals surface area (Å²) in [5.41, 5.74) is 2.14. The van der Waals surface area contributed by atoms with Crippen molar-refractivity contribution in [2.45, 2.75) is 25.3 Å². The van der Waals surface area contributed by atoms with Gasteiger partial charge in [0.05, 0.1) is 18.8 Å². The van der Waals surface area contributed by atoms with Crippen LogP contribution in [0.25, 0.3) is 0 Å². The lowest BCUT2D eigenvalue weighted by atomic mass is 10.1. The molecule has 0 radical (unpaired) electrons. The van der Waals surface area contributed by atoms with Crippen molar-refractivity contribution < 1.29 is 14.6 Å². The molecule has 1 aliphatic rings. The largest absolute Gasteiger partial charge is 0.389 e. The number of hydrogen-bond donors (Lipinski definition) is 2. The number of nitrogens with zero attached hydrogens (tertiary/aromatic N) is 1. The summed E-state index contributed by atoms with van der Waals surface area (Å²) in [5, 5.41) is 12.8. The molecule has 2 aromatic rings. The molecular weight excluding hydrogens is 316 g/mol. The second-order valence-corrected chi connectivity index (χ2v) is 6.07. The van der Waals surface area contributed by atoms with E-state index < -0.39 is 12.3 Å². The first-order valence-electron chi connectivity index (χ1n) is 8.25. The van der Waals surface area contributed by atoms with Crippen molar-refractivity contribution in [2.75, 3.05) is 11.9 Å². The third-order valence-electron chi connectivity index (χ3n) is 4.30. The zero-order chi connectivity index (χ0) is 17.8. The highest BCUT2D eigenvalue weighted by Crippen LogP contribution is 2.34. The van der Waals surface area contributed by atoms with Gasteiger partial charge >= 0.3 is 6.03 Å². The Labute approximate surface area is 147 Å². The molecule has 5 nitrogen and oxygen atoms in total. The van der Waals surface area contributed by atoms with Crippen LogP contribution < -0.4 is 5.32 Å². The van der Waals surface area contributed by atoms with E-state index in [2.05, 4.69) is 11.9 Å². The van der Waals surface area contributed by atoms with Gasteiger partial charge in [0.25, 0.3) is 0 Å². The van der Waals surface area contributed by atoms with Gasteiger partial charge in [-0.2, -0.15) is 0 Å². The minimum Gasteiger partial charge on any atom is -0.389 e. The highest BCUT2D eigenvalue weighted by Gasteiger charge is 2.41. The first-order valence-corrected chi connectivity index (χ1v) is 8.25. The lowest BCUT2D eigenvalue weighted by Gasteiger charge is -2.30. The van der Waals surface area contributed by atoms with Crippen molar-refractivity contribution in [3.8, 4) is 0 Å². The molecule has 3 atom stereocenters. The van der Waals surface area contributed by atoms with E-state index in [1.165, 1.54) is 0 Å². The molecule has 130 valence electrons. The molecule has 0 saturated carbocycles. The van der Waals surface area contributed by atoms with E-state index >= 15 is 0 Å². The highest BCUT2D eigenvalue weighted by molar-refractivity contribution is 5.90. The fourth-order valence-corrected chi connectivity index (χ4v) is 2.89. The number of hydrogen-bond acceptors (Lipinski definition) is 3. The Morgan fingerprint density at radius 1 is 1.20 bits per heavy atom. The topological polar surface area (TPSA) is 61.8 Å². The van der Waals surface area contributed by atoms with Gasteiger partial charge in [0.1, 0.15) is 0 Å². The number of para-hydroxylation sites is 1. The molecule has 2 aromatic carbocycles. The summed E-state index contributed by atoms with van der Waals surface area (Å²) in [5.74, 6) is 0. The molecule has 0 bridgehead atoms. The van der Waals surface area contributed by atoms with Crippen LogP contribution in [0.1, 0.15) is 18.5 Å². The number of aliphatic hydroxyl groups is 1. The first kappa shape index (κ1) is 17.2. The highest BCUT2D eigenvalue weighted by atomic mass is 16.5. The van der Waals surface area contributed by atoms with Crippen molar-refractivity contribution in [2.24, 2.45) is 0 Å². The van der Waals surface area contributed by atoms with Gasteiger partial charge in [-0.15, -0.1) is 0 Å². The summed E-state index contributed by atoms with van der Waals surface area (Å²) in [4.78, 5) is 14.6. The summed E-state index contributed by atoms with van der Waals surface area (Å²) >= 11 is 0. The quantitative estimate of drug-likeness (QED) is 0.838. The van der Waals surface area contributed by atoms with E-state index in [4.69, 9.17) is 4.74 Å². The number of amides is 2. The number of rotatable bonds is 4. The van der Waals surface area contributed by atoms with E-state index in [1.807, 2.05) is 60.7 Å². The maximum absolute atomic E-state index is 12.9. The van der Waals surface area contributed by atoms with Gasteiger partial charge < -0.3 is 15.2 Å². The van der Waals surface area contributed by atoms with Crippen LogP contribution in [0.3, 0.4) is 0 Å². The first-order chi connectivity index (χ1) is 12.1. The zero-order valence-corrected chi connectivity index (χ0v) is 14.1. The van der Waals surface area contributed by atoms with Crippen molar-refractivity contribution in [1.82, 2.24) is 4.90 Å². The molecule has 1 saturated heterocycles. The smallest absolute Gasteiger partial charge is 0.324 e. The van der Waals surface area contributed by atoms with E-state index in [-0.39, 0.29) is 12.1 Å². The Hall–Kier alpha value is -2.63. The van der Waals surface area contributed by atoms with E-state index in [9.17, 15) is 9.90 Å². The molecule has 0 spiro atoms. The molecule has 3 rings (SSSR count). The van der Waals surface area contributed by atoms with E-state index in [0.717, 1.165) is 5.56 Å². The Balaban J connectivity index is 1.89. The zero-order valence-electron chi connectivity index (χ0n) is 14.1. The lowest BCUT2D eigenvalue weighted by Crippen LogP contribution is -2.43. The second-order valence-electron chi connectivity index (χ2n) is 6.07. The number of urea groups is 1. The third-order valence-corrected chi connectivity index (χ3v) is 4.30. The minimum absolute atomic E-state index is 0.245. The molecule has 2 N–H and O–H groups in total. The number of nitrogens with one attached hydrogen (secondary N) is 1. The summed E-state index contributed by atoms with van der Waals surface area (Å²) in [6, 6.07) is 18.4. The standard InChI is InChI=1S/C20H22N2O3/c1-14(15(2)23)19-22(20(24)21-17-11-7-4-8-12-17)18(13-25-19)16-9-5-3-6-10-16/h3-12,15,18-19,23H,1,13H2,2H3,(H,21,24)/t15?,18-,19+/m1/s1. The van der Waals surface area contributed by atoms with Crippen LogP contribution in [0.5, 0.6) is 0 Å². The van der Waals surface area contributed by atoms with Gasteiger partial charge in [0.15, 0.2) is 6.23 Å². The van der Waals surface area contributed by atoms with E-state index in [1.54, 1.807) is 11.8 Å². The van der Waals surface area contributed by atoms with Gasteiger partial charge in [-0.1, -0.05) is 55.1 Å². The predicted octanol–water partition coefficient (Wildman–Crippen LogP) is 3.56. The molecule has 0 aliphatic carbocycles. The number of anilines is 1. The average molecular weight is 338 g/mol. The second kappa shape index (κ2) is 7.51. The maximum atomic E-state index is 12.9. The van der Waals surface area contributed by atoms with Crippen LogP contribution >= 0.6 is 0 Å². The normalized spacial score (nSPS) is 21.0. The molecule has 0 aromatic heterocycles. The SMILES string of the molecule is C=C(C(C)O)[C@@H]1OC[C@H](c2ccccc2)N1C(=O)Nc1ccccc1. The number of ether oxygens (including phenoxy) is 1. The molecule has 5 heteroatoms. The minimum atomic E-state index is -0.772. The van der Waals surface area contributed by atoms with Crippen LogP contribution in [-0.2, 0) is 4.74 Å². The van der Waals surface area contributed by atoms with Crippen LogP contribution in [0.2, 0.25) is 0 Å². The van der Waals surface area contributed by atoms with Gasteiger partial charge in [0, 0.05) is 5.69 Å².